The van der Waals surface area contributed by atoms with Gasteiger partial charge in [-0.2, -0.15) is 0 Å². The highest BCUT2D eigenvalue weighted by atomic mass is 127. The number of hydroxylamine groups is 2. The second kappa shape index (κ2) is 7.09. The van der Waals surface area contributed by atoms with Crippen LogP contribution in [0.25, 0.3) is 0 Å². The molecule has 1 saturated heterocycles. The molecule has 1 aliphatic heterocycles. The number of nitrogens with zero attached hydrogens (tertiary/aromatic N) is 1. The van der Waals surface area contributed by atoms with Gasteiger partial charge in [-0.25, -0.2) is 5.06 Å². The van der Waals surface area contributed by atoms with Crippen molar-refractivity contribution in [2.24, 2.45) is 17.3 Å². The fourth-order valence-corrected chi connectivity index (χ4v) is 4.35. The van der Waals surface area contributed by atoms with Crippen LogP contribution in [0.3, 0.4) is 0 Å². The second-order valence-electron chi connectivity index (χ2n) is 6.49. The lowest BCUT2D eigenvalue weighted by molar-refractivity contribution is -0.187. The van der Waals surface area contributed by atoms with Crippen molar-refractivity contribution < 1.29 is 9.63 Å². The Bertz CT molecular complexity index is 477. The van der Waals surface area contributed by atoms with E-state index >= 15 is 0 Å². The summed E-state index contributed by atoms with van der Waals surface area (Å²) in [4.78, 5) is 18.5. The molecule has 0 aliphatic carbocycles. The van der Waals surface area contributed by atoms with Crippen molar-refractivity contribution >= 4 is 28.5 Å². The summed E-state index contributed by atoms with van der Waals surface area (Å²) in [5, 5.41) is 1.60. The first-order valence-corrected chi connectivity index (χ1v) is 9.04. The minimum absolute atomic E-state index is 0.147. The highest BCUT2D eigenvalue weighted by Crippen LogP contribution is 2.43. The van der Waals surface area contributed by atoms with Crippen molar-refractivity contribution in [1.29, 1.82) is 0 Å². The molecule has 1 aromatic rings. The zero-order chi connectivity index (χ0) is 15.5. The van der Waals surface area contributed by atoms with Gasteiger partial charge in [-0.15, -0.1) is 0 Å². The Morgan fingerprint density at radius 3 is 2.62 bits per heavy atom. The van der Waals surface area contributed by atoms with Crippen LogP contribution in [0.1, 0.15) is 32.8 Å². The topological polar surface area (TPSA) is 29.5 Å². The molecule has 1 heterocycles. The molecule has 0 saturated carbocycles. The average molecular weight is 401 g/mol. The predicted molar refractivity (Wildman–Crippen MR) is 92.9 cm³/mol. The minimum Gasteiger partial charge on any atom is -0.272 e. The van der Waals surface area contributed by atoms with E-state index in [1.807, 2.05) is 30.3 Å². The highest BCUT2D eigenvalue weighted by Gasteiger charge is 2.50. The molecule has 1 fully saturated rings. The van der Waals surface area contributed by atoms with Gasteiger partial charge in [-0.3, -0.25) is 9.63 Å². The molecule has 1 aromatic carbocycles. The molecule has 1 aliphatic rings. The first kappa shape index (κ1) is 16.7. The summed E-state index contributed by atoms with van der Waals surface area (Å²) < 4.78 is 0.984. The lowest BCUT2D eigenvalue weighted by atomic mass is 9.74. The van der Waals surface area contributed by atoms with Gasteiger partial charge in [0.25, 0.3) is 5.91 Å². The van der Waals surface area contributed by atoms with Crippen LogP contribution in [0.5, 0.6) is 0 Å². The number of alkyl halides is 1. The molecule has 0 bridgehead atoms. The molecular weight excluding hydrogens is 377 g/mol. The van der Waals surface area contributed by atoms with Crippen LogP contribution < -0.4 is 0 Å². The standard InChI is InChI=1S/C17H24INO2/c1-13(2)9-17(3)15(10-18)11-19(16(17)20)21-12-14-7-5-4-6-8-14/h4-8,13,15H,9-12H2,1-3H3/t15-,17-/m0/s1. The molecule has 21 heavy (non-hydrogen) atoms. The third-order valence-electron chi connectivity index (χ3n) is 4.25. The summed E-state index contributed by atoms with van der Waals surface area (Å²) in [6, 6.07) is 9.99. The average Bonchev–Trinajstić information content (AvgIpc) is 2.69. The van der Waals surface area contributed by atoms with E-state index in [-0.39, 0.29) is 11.3 Å². The normalized spacial score (nSPS) is 25.9. The smallest absolute Gasteiger partial charge is 0.252 e. The fraction of sp³-hybridized carbons (Fsp3) is 0.588. The van der Waals surface area contributed by atoms with Crippen LogP contribution in [-0.4, -0.2) is 21.9 Å². The number of benzene rings is 1. The number of hydrogen-bond donors (Lipinski definition) is 0. The van der Waals surface area contributed by atoms with E-state index in [4.69, 9.17) is 4.84 Å². The van der Waals surface area contributed by atoms with Gasteiger partial charge < -0.3 is 0 Å². The maximum Gasteiger partial charge on any atom is 0.252 e. The number of carbonyl (C=O) groups excluding carboxylic acids is 1. The van der Waals surface area contributed by atoms with Crippen molar-refractivity contribution in [3.05, 3.63) is 35.9 Å². The molecule has 0 spiro atoms. The van der Waals surface area contributed by atoms with Gasteiger partial charge in [-0.05, 0) is 17.9 Å². The highest BCUT2D eigenvalue weighted by molar-refractivity contribution is 14.1. The molecule has 2 atom stereocenters. The van der Waals surface area contributed by atoms with Gasteiger partial charge in [0.05, 0.1) is 12.0 Å². The molecule has 2 rings (SSSR count). The quantitative estimate of drug-likeness (QED) is 0.532. The molecule has 116 valence electrons. The Morgan fingerprint density at radius 2 is 2.05 bits per heavy atom. The molecule has 0 radical (unpaired) electrons. The Morgan fingerprint density at radius 1 is 1.38 bits per heavy atom. The maximum absolute atomic E-state index is 12.8. The van der Waals surface area contributed by atoms with E-state index in [0.29, 0.717) is 25.0 Å². The molecule has 3 nitrogen and oxygen atoms in total. The largest absolute Gasteiger partial charge is 0.272 e. The Hall–Kier alpha value is -0.620. The zero-order valence-corrected chi connectivity index (χ0v) is 15.2. The van der Waals surface area contributed by atoms with Gasteiger partial charge in [0.15, 0.2) is 0 Å². The van der Waals surface area contributed by atoms with Crippen LogP contribution in [0.15, 0.2) is 30.3 Å². The van der Waals surface area contributed by atoms with E-state index in [2.05, 4.69) is 43.4 Å². The summed E-state index contributed by atoms with van der Waals surface area (Å²) in [7, 11) is 0. The Balaban J connectivity index is 2.04. The Labute approximate surface area is 141 Å². The summed E-state index contributed by atoms with van der Waals surface area (Å²) in [5.41, 5.74) is 0.806. The number of carbonyl (C=O) groups is 1. The summed E-state index contributed by atoms with van der Waals surface area (Å²) in [5.74, 6) is 1.02. The lowest BCUT2D eigenvalue weighted by Gasteiger charge is -2.29. The van der Waals surface area contributed by atoms with Crippen molar-refractivity contribution in [3.8, 4) is 0 Å². The van der Waals surface area contributed by atoms with Gasteiger partial charge in [0.1, 0.15) is 6.61 Å². The zero-order valence-electron chi connectivity index (χ0n) is 13.0. The molecule has 1 amide bonds. The van der Waals surface area contributed by atoms with Gasteiger partial charge in [0.2, 0.25) is 0 Å². The van der Waals surface area contributed by atoms with E-state index in [9.17, 15) is 4.79 Å². The van der Waals surface area contributed by atoms with Crippen LogP contribution in [0.2, 0.25) is 0 Å². The molecular formula is C17H24INO2. The minimum atomic E-state index is -0.286. The number of amides is 1. The van der Waals surface area contributed by atoms with Crippen molar-refractivity contribution in [3.63, 3.8) is 0 Å². The third-order valence-corrected chi connectivity index (χ3v) is 5.31. The molecule has 0 aromatic heterocycles. The van der Waals surface area contributed by atoms with E-state index in [1.54, 1.807) is 5.06 Å². The molecule has 0 N–H and O–H groups in total. The number of rotatable bonds is 6. The monoisotopic (exact) mass is 401 g/mol. The SMILES string of the molecule is CC(C)C[C@]1(C)C(=O)N(OCc2ccccc2)C[C@@H]1CI. The van der Waals surface area contributed by atoms with Gasteiger partial charge in [-0.1, -0.05) is 73.7 Å². The maximum atomic E-state index is 12.8. The molecule has 0 unspecified atom stereocenters. The first-order chi connectivity index (χ1) is 9.97. The van der Waals surface area contributed by atoms with Crippen LogP contribution in [0, 0.1) is 17.3 Å². The van der Waals surface area contributed by atoms with Crippen LogP contribution >= 0.6 is 22.6 Å². The van der Waals surface area contributed by atoms with Crippen molar-refractivity contribution in [2.45, 2.75) is 33.8 Å². The second-order valence-corrected chi connectivity index (χ2v) is 7.37. The van der Waals surface area contributed by atoms with Crippen LogP contribution in [-0.2, 0) is 16.2 Å². The molecule has 4 heteroatoms. The summed E-state index contributed by atoms with van der Waals surface area (Å²) in [6.45, 7) is 7.62. The summed E-state index contributed by atoms with van der Waals surface area (Å²) >= 11 is 2.39. The number of halogens is 1. The van der Waals surface area contributed by atoms with Crippen molar-refractivity contribution in [1.82, 2.24) is 5.06 Å². The van der Waals surface area contributed by atoms with E-state index < -0.39 is 0 Å². The van der Waals surface area contributed by atoms with E-state index in [1.165, 1.54) is 0 Å². The van der Waals surface area contributed by atoms with Crippen molar-refractivity contribution in [2.75, 3.05) is 11.0 Å². The third kappa shape index (κ3) is 3.77. The van der Waals surface area contributed by atoms with Gasteiger partial charge in [0, 0.05) is 10.3 Å². The fourth-order valence-electron chi connectivity index (χ4n) is 3.10. The van der Waals surface area contributed by atoms with Crippen LogP contribution in [0.4, 0.5) is 0 Å². The Kier molecular flexibility index (Phi) is 5.66. The number of hydrogen-bond acceptors (Lipinski definition) is 2. The lowest BCUT2D eigenvalue weighted by Crippen LogP contribution is -2.35. The van der Waals surface area contributed by atoms with Gasteiger partial charge >= 0.3 is 0 Å². The van der Waals surface area contributed by atoms with E-state index in [0.717, 1.165) is 16.4 Å². The summed E-state index contributed by atoms with van der Waals surface area (Å²) in [6.07, 6.45) is 0.921. The first-order valence-electron chi connectivity index (χ1n) is 7.52. The predicted octanol–water partition coefficient (Wildman–Crippen LogP) is 4.06.